The van der Waals surface area contributed by atoms with Crippen LogP contribution in [0.2, 0.25) is 5.02 Å². The first-order valence-electron chi connectivity index (χ1n) is 8.04. The number of benzene rings is 3. The van der Waals surface area contributed by atoms with Crippen LogP contribution >= 0.6 is 11.6 Å². The molecule has 1 aliphatic heterocycles. The third-order valence-electron chi connectivity index (χ3n) is 4.61. The lowest BCUT2D eigenvalue weighted by atomic mass is 9.82. The zero-order chi connectivity index (χ0) is 19.1. The van der Waals surface area contributed by atoms with Gasteiger partial charge in [0.25, 0.3) is 5.69 Å². The fraction of sp³-hybridized carbons (Fsp3) is 0.0500. The summed E-state index contributed by atoms with van der Waals surface area (Å²) in [5.41, 5.74) is 7.27. The highest BCUT2D eigenvalue weighted by Crippen LogP contribution is 2.46. The Hall–Kier alpha value is -3.56. The highest BCUT2D eigenvalue weighted by molar-refractivity contribution is 6.32. The average molecular weight is 378 g/mol. The third-order valence-corrected chi connectivity index (χ3v) is 4.93. The normalized spacial score (nSPS) is 15.8. The SMILES string of the molecule is N#CC1=C(N)Oc2c(ccc3ccccc23)[C@@H]1c1ccc(Cl)c([N+](=O)[O-])c1. The number of nitro groups is 1. The lowest BCUT2D eigenvalue weighted by Gasteiger charge is -2.27. The molecule has 7 heteroatoms. The van der Waals surface area contributed by atoms with Gasteiger partial charge in [-0.1, -0.05) is 54.1 Å². The Balaban J connectivity index is 2.00. The van der Waals surface area contributed by atoms with Gasteiger partial charge in [0.1, 0.15) is 22.4 Å². The highest BCUT2D eigenvalue weighted by atomic mass is 35.5. The summed E-state index contributed by atoms with van der Waals surface area (Å²) in [5, 5.41) is 22.8. The summed E-state index contributed by atoms with van der Waals surface area (Å²) in [6.45, 7) is 0. The predicted octanol–water partition coefficient (Wildman–Crippen LogP) is 4.62. The fourth-order valence-corrected chi connectivity index (χ4v) is 3.57. The van der Waals surface area contributed by atoms with Crippen molar-refractivity contribution >= 4 is 28.1 Å². The van der Waals surface area contributed by atoms with Gasteiger partial charge in [0, 0.05) is 17.0 Å². The van der Waals surface area contributed by atoms with Crippen molar-refractivity contribution in [3.05, 3.63) is 92.3 Å². The van der Waals surface area contributed by atoms with E-state index < -0.39 is 10.8 Å². The molecular weight excluding hydrogens is 366 g/mol. The van der Waals surface area contributed by atoms with Crippen LogP contribution in [-0.4, -0.2) is 4.92 Å². The number of nitrogens with zero attached hydrogens (tertiary/aromatic N) is 2. The van der Waals surface area contributed by atoms with Crippen molar-refractivity contribution < 1.29 is 9.66 Å². The number of fused-ring (bicyclic) bond motifs is 3. The first kappa shape index (κ1) is 16.9. The lowest BCUT2D eigenvalue weighted by molar-refractivity contribution is -0.384. The molecule has 3 aromatic carbocycles. The highest BCUT2D eigenvalue weighted by Gasteiger charge is 2.32. The van der Waals surface area contributed by atoms with Gasteiger partial charge in [-0.15, -0.1) is 0 Å². The van der Waals surface area contributed by atoms with Crippen molar-refractivity contribution in [2.45, 2.75) is 5.92 Å². The van der Waals surface area contributed by atoms with Gasteiger partial charge in [0.05, 0.1) is 10.8 Å². The maximum absolute atomic E-state index is 11.3. The van der Waals surface area contributed by atoms with Gasteiger partial charge in [-0.2, -0.15) is 5.26 Å². The first-order chi connectivity index (χ1) is 13.0. The molecular formula is C20H12ClN3O3. The van der Waals surface area contributed by atoms with Gasteiger partial charge in [-0.05, 0) is 17.0 Å². The topological polar surface area (TPSA) is 102 Å². The zero-order valence-corrected chi connectivity index (χ0v) is 14.6. The minimum absolute atomic E-state index is 0.0102. The Morgan fingerprint density at radius 1 is 1.19 bits per heavy atom. The molecule has 0 saturated carbocycles. The fourth-order valence-electron chi connectivity index (χ4n) is 3.38. The van der Waals surface area contributed by atoms with E-state index in [1.54, 1.807) is 6.07 Å². The number of nitriles is 1. The molecule has 27 heavy (non-hydrogen) atoms. The number of nitrogens with two attached hydrogens (primary N) is 1. The summed E-state index contributed by atoms with van der Waals surface area (Å²) in [4.78, 5) is 10.7. The van der Waals surface area contributed by atoms with Crippen molar-refractivity contribution in [2.75, 3.05) is 0 Å². The largest absolute Gasteiger partial charge is 0.440 e. The van der Waals surface area contributed by atoms with Crippen LogP contribution in [0.25, 0.3) is 10.8 Å². The second-order valence-electron chi connectivity index (χ2n) is 6.10. The molecule has 2 N–H and O–H groups in total. The van der Waals surface area contributed by atoms with Crippen LogP contribution in [0.3, 0.4) is 0 Å². The van der Waals surface area contributed by atoms with Crippen molar-refractivity contribution in [1.82, 2.24) is 0 Å². The van der Waals surface area contributed by atoms with Crippen LogP contribution < -0.4 is 10.5 Å². The quantitative estimate of drug-likeness (QED) is 0.518. The molecule has 3 aromatic rings. The lowest BCUT2D eigenvalue weighted by Crippen LogP contribution is -2.21. The maximum Gasteiger partial charge on any atom is 0.288 e. The van der Waals surface area contributed by atoms with E-state index in [0.717, 1.165) is 16.3 Å². The Morgan fingerprint density at radius 3 is 2.70 bits per heavy atom. The molecule has 0 spiro atoms. The molecule has 132 valence electrons. The van der Waals surface area contributed by atoms with E-state index >= 15 is 0 Å². The Morgan fingerprint density at radius 2 is 1.96 bits per heavy atom. The molecule has 0 radical (unpaired) electrons. The van der Waals surface area contributed by atoms with E-state index in [-0.39, 0.29) is 22.2 Å². The van der Waals surface area contributed by atoms with Gasteiger partial charge < -0.3 is 10.5 Å². The molecule has 1 aliphatic rings. The average Bonchev–Trinajstić information content (AvgIpc) is 2.67. The molecule has 0 unspecified atom stereocenters. The summed E-state index contributed by atoms with van der Waals surface area (Å²) in [6.07, 6.45) is 0. The number of allylic oxidation sites excluding steroid dienone is 1. The minimum atomic E-state index is -0.584. The van der Waals surface area contributed by atoms with Crippen LogP contribution in [0, 0.1) is 21.4 Å². The number of hydrogen-bond acceptors (Lipinski definition) is 5. The predicted molar refractivity (Wildman–Crippen MR) is 101 cm³/mol. The van der Waals surface area contributed by atoms with Crippen molar-refractivity contribution in [3.63, 3.8) is 0 Å². The number of hydrogen-bond donors (Lipinski definition) is 1. The second-order valence-corrected chi connectivity index (χ2v) is 6.51. The molecule has 1 heterocycles. The van der Waals surface area contributed by atoms with Crippen molar-refractivity contribution in [3.8, 4) is 11.8 Å². The van der Waals surface area contributed by atoms with E-state index in [1.807, 2.05) is 36.4 Å². The molecule has 1 atom stereocenters. The number of ether oxygens (including phenoxy) is 1. The number of halogens is 1. The van der Waals surface area contributed by atoms with E-state index in [0.29, 0.717) is 11.3 Å². The maximum atomic E-state index is 11.3. The zero-order valence-electron chi connectivity index (χ0n) is 13.8. The Labute approximate surface area is 159 Å². The Bertz CT molecular complexity index is 1180. The first-order valence-corrected chi connectivity index (χ1v) is 8.42. The van der Waals surface area contributed by atoms with E-state index in [4.69, 9.17) is 22.1 Å². The van der Waals surface area contributed by atoms with Crippen LogP contribution in [-0.2, 0) is 0 Å². The number of rotatable bonds is 2. The van der Waals surface area contributed by atoms with Gasteiger partial charge in [0.2, 0.25) is 5.88 Å². The smallest absolute Gasteiger partial charge is 0.288 e. The standard InChI is InChI=1S/C20H12ClN3O3/c21-16-8-6-12(9-17(16)24(25)26)18-14-7-5-11-3-1-2-4-13(11)19(14)27-20(23)15(18)10-22/h1-9,18H,23H2/t18-/m0/s1. The Kier molecular flexibility index (Phi) is 3.94. The summed E-state index contributed by atoms with van der Waals surface area (Å²) in [5.74, 6) is -0.0459. The van der Waals surface area contributed by atoms with Crippen LogP contribution in [0.15, 0.2) is 66.1 Å². The minimum Gasteiger partial charge on any atom is -0.440 e. The number of nitro benzene ring substituents is 1. The van der Waals surface area contributed by atoms with Crippen LogP contribution in [0.4, 0.5) is 5.69 Å². The molecule has 0 amide bonds. The van der Waals surface area contributed by atoms with Gasteiger partial charge in [-0.3, -0.25) is 10.1 Å². The van der Waals surface area contributed by atoms with Crippen LogP contribution in [0.5, 0.6) is 5.75 Å². The van der Waals surface area contributed by atoms with Crippen LogP contribution in [0.1, 0.15) is 17.0 Å². The summed E-state index contributed by atoms with van der Waals surface area (Å²) < 4.78 is 5.78. The van der Waals surface area contributed by atoms with E-state index in [2.05, 4.69) is 6.07 Å². The molecule has 4 rings (SSSR count). The molecule has 6 nitrogen and oxygen atoms in total. The van der Waals surface area contributed by atoms with Gasteiger partial charge in [0.15, 0.2) is 0 Å². The third kappa shape index (κ3) is 2.65. The monoisotopic (exact) mass is 377 g/mol. The molecule has 0 saturated heterocycles. The molecule has 0 fully saturated rings. The van der Waals surface area contributed by atoms with Gasteiger partial charge in [-0.25, -0.2) is 0 Å². The van der Waals surface area contributed by atoms with E-state index in [9.17, 15) is 15.4 Å². The summed E-state index contributed by atoms with van der Waals surface area (Å²) in [6, 6.07) is 18.0. The summed E-state index contributed by atoms with van der Waals surface area (Å²) >= 11 is 5.94. The second kappa shape index (κ2) is 6.31. The van der Waals surface area contributed by atoms with Crippen molar-refractivity contribution in [1.29, 1.82) is 5.26 Å². The molecule has 0 bridgehead atoms. The summed E-state index contributed by atoms with van der Waals surface area (Å²) in [7, 11) is 0. The van der Waals surface area contributed by atoms with E-state index in [1.165, 1.54) is 12.1 Å². The van der Waals surface area contributed by atoms with Crippen molar-refractivity contribution in [2.24, 2.45) is 5.73 Å². The molecule has 0 aliphatic carbocycles. The molecule has 0 aromatic heterocycles. The van der Waals surface area contributed by atoms with Gasteiger partial charge >= 0.3 is 0 Å².